The van der Waals surface area contributed by atoms with Crippen LogP contribution in [0.5, 0.6) is 5.75 Å². The van der Waals surface area contributed by atoms with Crippen LogP contribution in [0.1, 0.15) is 36.5 Å². The lowest BCUT2D eigenvalue weighted by Gasteiger charge is -2.20. The lowest BCUT2D eigenvalue weighted by molar-refractivity contribution is 0.0720. The van der Waals surface area contributed by atoms with Gasteiger partial charge in [-0.1, -0.05) is 6.07 Å². The molecule has 2 unspecified atom stereocenters. The minimum atomic E-state index is -0.158. The van der Waals surface area contributed by atoms with Gasteiger partial charge in [-0.25, -0.2) is 0 Å². The Morgan fingerprint density at radius 2 is 2.25 bits per heavy atom. The van der Waals surface area contributed by atoms with Crippen LogP contribution in [-0.4, -0.2) is 31.8 Å². The highest BCUT2D eigenvalue weighted by Crippen LogP contribution is 2.27. The van der Waals surface area contributed by atoms with E-state index in [2.05, 4.69) is 5.32 Å². The molecule has 1 aromatic rings. The summed E-state index contributed by atoms with van der Waals surface area (Å²) in [4.78, 5) is 12.4. The van der Waals surface area contributed by atoms with Gasteiger partial charge in [0.05, 0.1) is 30.0 Å². The number of rotatable bonds is 5. The number of para-hydroxylation sites is 1. The molecule has 2 atom stereocenters. The molecule has 0 radical (unpaired) electrons. The largest absolute Gasteiger partial charge is 0.491 e. The third kappa shape index (κ3) is 3.04. The highest BCUT2D eigenvalue weighted by atomic mass is 16.5. The SMILES string of the molecule is CCOc1c(N)cccc1C(=O)NC1CCCC1OC. The van der Waals surface area contributed by atoms with Gasteiger partial charge in [0.1, 0.15) is 0 Å². The van der Waals surface area contributed by atoms with Crippen molar-refractivity contribution < 1.29 is 14.3 Å². The third-order valence-electron chi connectivity index (χ3n) is 3.65. The molecule has 1 saturated carbocycles. The van der Waals surface area contributed by atoms with E-state index in [4.69, 9.17) is 15.2 Å². The predicted molar refractivity (Wildman–Crippen MR) is 77.9 cm³/mol. The van der Waals surface area contributed by atoms with E-state index in [1.54, 1.807) is 25.3 Å². The van der Waals surface area contributed by atoms with Gasteiger partial charge in [0.25, 0.3) is 5.91 Å². The third-order valence-corrected chi connectivity index (χ3v) is 3.65. The average molecular weight is 278 g/mol. The second kappa shape index (κ2) is 6.61. The first kappa shape index (κ1) is 14.7. The van der Waals surface area contributed by atoms with Crippen LogP contribution in [0.4, 0.5) is 5.69 Å². The van der Waals surface area contributed by atoms with E-state index < -0.39 is 0 Å². The lowest BCUT2D eigenvalue weighted by atomic mass is 10.1. The van der Waals surface area contributed by atoms with Crippen molar-refractivity contribution in [1.29, 1.82) is 0 Å². The van der Waals surface area contributed by atoms with Gasteiger partial charge in [-0.05, 0) is 38.3 Å². The van der Waals surface area contributed by atoms with Gasteiger partial charge in [-0.15, -0.1) is 0 Å². The summed E-state index contributed by atoms with van der Waals surface area (Å²) >= 11 is 0. The summed E-state index contributed by atoms with van der Waals surface area (Å²) in [5, 5.41) is 3.02. The number of ether oxygens (including phenoxy) is 2. The molecular formula is C15H22N2O3. The fraction of sp³-hybridized carbons (Fsp3) is 0.533. The van der Waals surface area contributed by atoms with Crippen molar-refractivity contribution in [2.24, 2.45) is 0 Å². The summed E-state index contributed by atoms with van der Waals surface area (Å²) in [5.41, 5.74) is 6.84. The molecule has 1 fully saturated rings. The zero-order valence-electron chi connectivity index (χ0n) is 12.0. The van der Waals surface area contributed by atoms with E-state index >= 15 is 0 Å². The first-order valence-electron chi connectivity index (χ1n) is 7.02. The monoisotopic (exact) mass is 278 g/mol. The van der Waals surface area contributed by atoms with Crippen molar-refractivity contribution in [3.8, 4) is 5.75 Å². The van der Waals surface area contributed by atoms with Gasteiger partial charge >= 0.3 is 0 Å². The molecular weight excluding hydrogens is 256 g/mol. The second-order valence-corrected chi connectivity index (χ2v) is 4.94. The van der Waals surface area contributed by atoms with Crippen molar-refractivity contribution in [1.82, 2.24) is 5.32 Å². The van der Waals surface area contributed by atoms with Crippen molar-refractivity contribution >= 4 is 11.6 Å². The van der Waals surface area contributed by atoms with Crippen molar-refractivity contribution in [3.63, 3.8) is 0 Å². The minimum Gasteiger partial charge on any atom is -0.491 e. The number of hydrogen-bond donors (Lipinski definition) is 2. The molecule has 1 aromatic carbocycles. The molecule has 5 heteroatoms. The highest BCUT2D eigenvalue weighted by Gasteiger charge is 2.29. The molecule has 1 aliphatic rings. The topological polar surface area (TPSA) is 73.6 Å². The van der Waals surface area contributed by atoms with Gasteiger partial charge in [-0.3, -0.25) is 4.79 Å². The first-order chi connectivity index (χ1) is 9.67. The number of nitrogen functional groups attached to an aromatic ring is 1. The summed E-state index contributed by atoms with van der Waals surface area (Å²) < 4.78 is 10.9. The number of carbonyl (C=O) groups excluding carboxylic acids is 1. The Labute approximate surface area is 119 Å². The van der Waals surface area contributed by atoms with E-state index in [0.717, 1.165) is 19.3 Å². The van der Waals surface area contributed by atoms with E-state index in [1.807, 2.05) is 6.92 Å². The number of nitrogens with one attached hydrogen (secondary N) is 1. The van der Waals surface area contributed by atoms with E-state index in [9.17, 15) is 4.79 Å². The fourth-order valence-electron chi connectivity index (χ4n) is 2.66. The van der Waals surface area contributed by atoms with Crippen LogP contribution in [0.3, 0.4) is 0 Å². The molecule has 20 heavy (non-hydrogen) atoms. The van der Waals surface area contributed by atoms with Crippen molar-refractivity contribution in [2.75, 3.05) is 19.5 Å². The Morgan fingerprint density at radius 3 is 2.95 bits per heavy atom. The molecule has 1 amide bonds. The number of anilines is 1. The Kier molecular flexibility index (Phi) is 4.84. The highest BCUT2D eigenvalue weighted by molar-refractivity contribution is 5.98. The van der Waals surface area contributed by atoms with Crippen LogP contribution in [0.25, 0.3) is 0 Å². The quantitative estimate of drug-likeness (QED) is 0.808. The maximum atomic E-state index is 12.4. The number of carbonyl (C=O) groups is 1. The van der Waals surface area contributed by atoms with Crippen LogP contribution in [-0.2, 0) is 4.74 Å². The number of amides is 1. The van der Waals surface area contributed by atoms with E-state index in [1.165, 1.54) is 0 Å². The Hall–Kier alpha value is -1.75. The van der Waals surface area contributed by atoms with Gasteiger partial charge in [0.15, 0.2) is 5.75 Å². The molecule has 0 bridgehead atoms. The molecule has 0 saturated heterocycles. The smallest absolute Gasteiger partial charge is 0.255 e. The Morgan fingerprint density at radius 1 is 1.45 bits per heavy atom. The number of nitrogens with two attached hydrogens (primary N) is 1. The molecule has 110 valence electrons. The molecule has 0 heterocycles. The molecule has 5 nitrogen and oxygen atoms in total. The summed E-state index contributed by atoms with van der Waals surface area (Å²) in [6, 6.07) is 5.28. The van der Waals surface area contributed by atoms with Gasteiger partial charge in [0.2, 0.25) is 0 Å². The zero-order chi connectivity index (χ0) is 14.5. The standard InChI is InChI=1S/C15H22N2O3/c1-3-20-14-10(6-4-7-11(14)16)15(18)17-12-8-5-9-13(12)19-2/h4,6-7,12-13H,3,5,8-9,16H2,1-2H3,(H,17,18). The summed E-state index contributed by atoms with van der Waals surface area (Å²) in [6.45, 7) is 2.34. The Balaban J connectivity index is 2.15. The summed E-state index contributed by atoms with van der Waals surface area (Å²) in [6.07, 6.45) is 3.09. The maximum Gasteiger partial charge on any atom is 0.255 e. The molecule has 3 N–H and O–H groups in total. The van der Waals surface area contributed by atoms with Crippen LogP contribution in [0.2, 0.25) is 0 Å². The first-order valence-corrected chi connectivity index (χ1v) is 7.02. The Bertz CT molecular complexity index is 476. The van der Waals surface area contributed by atoms with Crippen LogP contribution < -0.4 is 15.8 Å². The molecule has 0 aromatic heterocycles. The van der Waals surface area contributed by atoms with Gasteiger partial charge in [0, 0.05) is 7.11 Å². The zero-order valence-corrected chi connectivity index (χ0v) is 12.0. The van der Waals surface area contributed by atoms with E-state index in [-0.39, 0.29) is 18.1 Å². The number of benzene rings is 1. The predicted octanol–water partition coefficient (Wildman–Crippen LogP) is 1.96. The fourth-order valence-corrected chi connectivity index (χ4v) is 2.66. The van der Waals surface area contributed by atoms with E-state index in [0.29, 0.717) is 23.6 Å². The van der Waals surface area contributed by atoms with Crippen LogP contribution in [0, 0.1) is 0 Å². The van der Waals surface area contributed by atoms with Crippen molar-refractivity contribution in [2.45, 2.75) is 38.3 Å². The maximum absolute atomic E-state index is 12.4. The number of methoxy groups -OCH3 is 1. The molecule has 0 spiro atoms. The lowest BCUT2D eigenvalue weighted by Crippen LogP contribution is -2.40. The average Bonchev–Trinajstić information content (AvgIpc) is 2.88. The summed E-state index contributed by atoms with van der Waals surface area (Å²) in [5.74, 6) is 0.300. The molecule has 1 aliphatic carbocycles. The van der Waals surface area contributed by atoms with Crippen LogP contribution >= 0.6 is 0 Å². The van der Waals surface area contributed by atoms with Crippen LogP contribution in [0.15, 0.2) is 18.2 Å². The molecule has 0 aliphatic heterocycles. The van der Waals surface area contributed by atoms with Gasteiger partial charge < -0.3 is 20.5 Å². The van der Waals surface area contributed by atoms with Gasteiger partial charge in [-0.2, -0.15) is 0 Å². The normalized spacial score (nSPS) is 21.7. The molecule has 2 rings (SSSR count). The second-order valence-electron chi connectivity index (χ2n) is 4.94. The van der Waals surface area contributed by atoms with Crippen molar-refractivity contribution in [3.05, 3.63) is 23.8 Å². The number of hydrogen-bond acceptors (Lipinski definition) is 4. The minimum absolute atomic E-state index is 0.0587. The summed E-state index contributed by atoms with van der Waals surface area (Å²) in [7, 11) is 1.68.